The van der Waals surface area contributed by atoms with E-state index in [2.05, 4.69) is 0 Å². The molecule has 30 heavy (non-hydrogen) atoms. The minimum atomic E-state index is -4.88. The summed E-state index contributed by atoms with van der Waals surface area (Å²) in [7, 11) is -9.76. The van der Waals surface area contributed by atoms with Crippen LogP contribution in [-0.4, -0.2) is 25.9 Å². The van der Waals surface area contributed by atoms with E-state index in [1.54, 1.807) is 36.4 Å². The Bertz CT molecular complexity index is 1140. The minimum absolute atomic E-state index is 0.0768. The summed E-state index contributed by atoms with van der Waals surface area (Å²) in [4.78, 5) is 0.922. The van der Waals surface area contributed by atoms with Gasteiger partial charge in [-0.25, -0.2) is 0 Å². The molecular weight excluding hydrogens is 428 g/mol. The molecular formula is C20H20N2O6S2. The quantitative estimate of drug-likeness (QED) is 0.370. The molecule has 2 atom stereocenters. The Morgan fingerprint density at radius 2 is 1.10 bits per heavy atom. The lowest BCUT2D eigenvalue weighted by atomic mass is 10.1. The molecule has 2 unspecified atom stereocenters. The summed E-state index contributed by atoms with van der Waals surface area (Å²) in [6.07, 6.45) is 0. The van der Waals surface area contributed by atoms with Crippen molar-refractivity contribution in [3.05, 3.63) is 96.1 Å². The second kappa shape index (κ2) is 8.44. The zero-order chi connectivity index (χ0) is 21.9. The Kier molecular flexibility index (Phi) is 6.13. The molecule has 0 heterocycles. The average Bonchev–Trinajstić information content (AvgIpc) is 2.67. The molecule has 0 aliphatic heterocycles. The fourth-order valence-electron chi connectivity index (χ4n) is 3.27. The van der Waals surface area contributed by atoms with Gasteiger partial charge in [-0.2, -0.15) is 16.8 Å². The monoisotopic (exact) mass is 448 g/mol. The predicted molar refractivity (Wildman–Crippen MR) is 115 cm³/mol. The Labute approximate surface area is 175 Å². The molecule has 10 heteroatoms. The van der Waals surface area contributed by atoms with Crippen LogP contribution in [0, 0.1) is 0 Å². The molecule has 3 aromatic rings. The third-order valence-electron chi connectivity index (χ3n) is 4.41. The van der Waals surface area contributed by atoms with Gasteiger partial charge in [0.2, 0.25) is 0 Å². The predicted octanol–water partition coefficient (Wildman–Crippen LogP) is 3.25. The molecule has 0 fully saturated rings. The SMILES string of the molecule is Nc1cccc(N(C(c2ccccc2)S(=O)(=O)O)C(c2ccccc2)S(=O)(=O)O)c1. The molecule has 0 aliphatic rings. The molecule has 0 spiro atoms. The maximum Gasteiger partial charge on any atom is 0.290 e. The summed E-state index contributed by atoms with van der Waals surface area (Å²) in [5, 5.41) is -3.68. The number of rotatable bonds is 7. The first-order chi connectivity index (χ1) is 14.1. The molecule has 0 saturated heterocycles. The molecule has 3 aromatic carbocycles. The fraction of sp³-hybridized carbons (Fsp3) is 0.100. The molecule has 4 N–H and O–H groups in total. The van der Waals surface area contributed by atoms with Crippen LogP contribution in [0.15, 0.2) is 84.9 Å². The standard InChI is InChI=1S/C20H20N2O6S2/c21-17-12-7-13-18(14-17)22(19(29(23,24)25)15-8-3-1-4-9-15)20(30(26,27)28)16-10-5-2-6-11-16/h1-14,19-20H,21H2,(H,23,24,25)(H,26,27,28). The van der Waals surface area contributed by atoms with E-state index in [1.165, 1.54) is 48.5 Å². The lowest BCUT2D eigenvalue weighted by Gasteiger charge is -2.37. The van der Waals surface area contributed by atoms with Gasteiger partial charge in [-0.15, -0.1) is 0 Å². The van der Waals surface area contributed by atoms with E-state index < -0.39 is 31.0 Å². The molecule has 0 saturated carbocycles. The van der Waals surface area contributed by atoms with Crippen molar-refractivity contribution in [3.8, 4) is 0 Å². The van der Waals surface area contributed by atoms with E-state index in [0.29, 0.717) is 0 Å². The van der Waals surface area contributed by atoms with Gasteiger partial charge in [0.25, 0.3) is 20.2 Å². The van der Waals surface area contributed by atoms with Crippen molar-refractivity contribution in [2.75, 3.05) is 10.6 Å². The minimum Gasteiger partial charge on any atom is -0.399 e. The van der Waals surface area contributed by atoms with Gasteiger partial charge in [0, 0.05) is 11.4 Å². The van der Waals surface area contributed by atoms with Crippen LogP contribution in [0.3, 0.4) is 0 Å². The molecule has 0 aliphatic carbocycles. The van der Waals surface area contributed by atoms with Gasteiger partial charge < -0.3 is 10.6 Å². The fourth-order valence-corrected chi connectivity index (χ4v) is 5.41. The van der Waals surface area contributed by atoms with Crippen molar-refractivity contribution in [3.63, 3.8) is 0 Å². The smallest absolute Gasteiger partial charge is 0.290 e. The highest BCUT2D eigenvalue weighted by Crippen LogP contribution is 2.41. The third kappa shape index (κ3) is 4.79. The van der Waals surface area contributed by atoms with Gasteiger partial charge in [0.05, 0.1) is 0 Å². The number of nitrogens with two attached hydrogens (primary N) is 1. The highest BCUT2D eigenvalue weighted by molar-refractivity contribution is 7.87. The Morgan fingerprint density at radius 3 is 1.47 bits per heavy atom. The van der Waals surface area contributed by atoms with E-state index in [0.717, 1.165) is 4.90 Å². The van der Waals surface area contributed by atoms with Crippen LogP contribution in [0.5, 0.6) is 0 Å². The Balaban J connectivity index is 2.37. The normalized spacial score (nSPS) is 14.1. The molecule has 0 aromatic heterocycles. The summed E-state index contributed by atoms with van der Waals surface area (Å²) < 4.78 is 70.2. The Morgan fingerprint density at radius 1 is 0.667 bits per heavy atom. The van der Waals surface area contributed by atoms with E-state index >= 15 is 0 Å². The highest BCUT2D eigenvalue weighted by Gasteiger charge is 2.42. The molecule has 3 rings (SSSR count). The highest BCUT2D eigenvalue weighted by atomic mass is 32.2. The second-order valence-electron chi connectivity index (χ2n) is 6.56. The summed E-state index contributed by atoms with van der Waals surface area (Å²) in [5.41, 5.74) is 6.36. The van der Waals surface area contributed by atoms with Crippen LogP contribution in [0.4, 0.5) is 11.4 Å². The van der Waals surface area contributed by atoms with Crippen LogP contribution < -0.4 is 10.6 Å². The summed E-state index contributed by atoms with van der Waals surface area (Å²) in [6.45, 7) is 0. The van der Waals surface area contributed by atoms with Gasteiger partial charge in [0.1, 0.15) is 0 Å². The first-order valence-electron chi connectivity index (χ1n) is 8.75. The van der Waals surface area contributed by atoms with Crippen LogP contribution >= 0.6 is 0 Å². The first kappa shape index (κ1) is 21.8. The van der Waals surface area contributed by atoms with Gasteiger partial charge >= 0.3 is 0 Å². The van der Waals surface area contributed by atoms with E-state index in [9.17, 15) is 25.9 Å². The van der Waals surface area contributed by atoms with Gasteiger partial charge in [-0.3, -0.25) is 9.11 Å². The van der Waals surface area contributed by atoms with Crippen LogP contribution in [0.2, 0.25) is 0 Å². The van der Waals surface area contributed by atoms with Crippen LogP contribution in [0.25, 0.3) is 0 Å². The van der Waals surface area contributed by atoms with Crippen LogP contribution in [0.1, 0.15) is 21.9 Å². The molecule has 0 amide bonds. The molecule has 8 nitrogen and oxygen atoms in total. The number of anilines is 2. The molecule has 0 radical (unpaired) electrons. The largest absolute Gasteiger partial charge is 0.399 e. The van der Waals surface area contributed by atoms with E-state index in [-0.39, 0.29) is 22.5 Å². The molecule has 158 valence electrons. The first-order valence-corrected chi connectivity index (χ1v) is 11.8. The zero-order valence-corrected chi connectivity index (χ0v) is 17.2. The number of nitrogens with zero attached hydrogens (tertiary/aromatic N) is 1. The maximum atomic E-state index is 12.5. The Hall–Kier alpha value is -2.92. The number of hydrogen-bond donors (Lipinski definition) is 3. The van der Waals surface area contributed by atoms with Crippen LogP contribution in [-0.2, 0) is 20.2 Å². The van der Waals surface area contributed by atoms with Crippen molar-refractivity contribution in [1.29, 1.82) is 0 Å². The van der Waals surface area contributed by atoms with Crippen molar-refractivity contribution >= 4 is 31.6 Å². The maximum absolute atomic E-state index is 12.5. The third-order valence-corrected chi connectivity index (χ3v) is 6.53. The van der Waals surface area contributed by atoms with Gasteiger partial charge in [0.15, 0.2) is 10.7 Å². The number of benzene rings is 3. The van der Waals surface area contributed by atoms with Crippen molar-refractivity contribution in [2.24, 2.45) is 0 Å². The zero-order valence-electron chi connectivity index (χ0n) is 15.6. The van der Waals surface area contributed by atoms with Gasteiger partial charge in [-0.1, -0.05) is 66.7 Å². The van der Waals surface area contributed by atoms with Crippen molar-refractivity contribution < 1.29 is 25.9 Å². The van der Waals surface area contributed by atoms with Gasteiger partial charge in [-0.05, 0) is 29.3 Å². The summed E-state index contributed by atoms with van der Waals surface area (Å²) in [5.74, 6) is 0. The second-order valence-corrected chi connectivity index (χ2v) is 9.51. The average molecular weight is 449 g/mol. The van der Waals surface area contributed by atoms with E-state index in [1.807, 2.05) is 0 Å². The van der Waals surface area contributed by atoms with Crippen molar-refractivity contribution in [2.45, 2.75) is 10.7 Å². The van der Waals surface area contributed by atoms with Crippen molar-refractivity contribution in [1.82, 2.24) is 0 Å². The number of hydrogen-bond acceptors (Lipinski definition) is 6. The summed E-state index contributed by atoms with van der Waals surface area (Å²) >= 11 is 0. The number of nitrogen functional groups attached to an aromatic ring is 1. The molecule has 0 bridgehead atoms. The lowest BCUT2D eigenvalue weighted by molar-refractivity contribution is 0.448. The topological polar surface area (TPSA) is 138 Å². The lowest BCUT2D eigenvalue weighted by Crippen LogP contribution is -2.40. The van der Waals surface area contributed by atoms with E-state index in [4.69, 9.17) is 5.73 Å². The summed E-state index contributed by atoms with van der Waals surface area (Å²) in [6, 6.07) is 21.1.